The molecule has 0 aliphatic rings. The fourth-order valence-electron chi connectivity index (χ4n) is 1.74. The van der Waals surface area contributed by atoms with Crippen LogP contribution in [0.15, 0.2) is 6.07 Å². The number of rotatable bonds is 5. The van der Waals surface area contributed by atoms with E-state index in [2.05, 4.69) is 5.32 Å². The molecule has 0 aliphatic heterocycles. The molecular formula is C13H22N2O2. The lowest BCUT2D eigenvalue weighted by molar-refractivity contribution is 0.399. The summed E-state index contributed by atoms with van der Waals surface area (Å²) in [6, 6.07) is 2.04. The fraction of sp³-hybridized carbons (Fsp3) is 0.538. The van der Waals surface area contributed by atoms with Gasteiger partial charge >= 0.3 is 0 Å². The van der Waals surface area contributed by atoms with Crippen LogP contribution < -0.4 is 20.5 Å². The Kier molecular flexibility index (Phi) is 4.63. The molecule has 4 nitrogen and oxygen atoms in total. The molecule has 17 heavy (non-hydrogen) atoms. The van der Waals surface area contributed by atoms with E-state index >= 15 is 0 Å². The van der Waals surface area contributed by atoms with E-state index in [-0.39, 0.29) is 6.04 Å². The summed E-state index contributed by atoms with van der Waals surface area (Å²) in [5, 5.41) is 3.28. The Balaban J connectivity index is 3.13. The Bertz CT molecular complexity index is 389. The van der Waals surface area contributed by atoms with Crippen molar-refractivity contribution in [2.24, 2.45) is 5.73 Å². The molecule has 0 spiro atoms. The molecule has 0 amide bonds. The van der Waals surface area contributed by atoms with Gasteiger partial charge in [-0.25, -0.2) is 0 Å². The van der Waals surface area contributed by atoms with Gasteiger partial charge < -0.3 is 20.5 Å². The van der Waals surface area contributed by atoms with Gasteiger partial charge in [0.2, 0.25) is 0 Å². The molecule has 0 bridgehead atoms. The Morgan fingerprint density at radius 2 is 1.88 bits per heavy atom. The van der Waals surface area contributed by atoms with Crippen molar-refractivity contribution < 1.29 is 9.47 Å². The predicted molar refractivity (Wildman–Crippen MR) is 71.2 cm³/mol. The summed E-state index contributed by atoms with van der Waals surface area (Å²) in [5.74, 6) is 1.71. The Morgan fingerprint density at radius 1 is 1.24 bits per heavy atom. The van der Waals surface area contributed by atoms with Crippen LogP contribution in [0.1, 0.15) is 18.1 Å². The van der Waals surface area contributed by atoms with Gasteiger partial charge in [0, 0.05) is 18.7 Å². The first-order valence-electron chi connectivity index (χ1n) is 5.72. The van der Waals surface area contributed by atoms with E-state index in [1.165, 1.54) is 0 Å². The molecule has 1 rings (SSSR count). The van der Waals surface area contributed by atoms with Gasteiger partial charge in [0.05, 0.1) is 19.9 Å². The zero-order valence-electron chi connectivity index (χ0n) is 11.3. The van der Waals surface area contributed by atoms with Gasteiger partial charge in [-0.3, -0.25) is 0 Å². The summed E-state index contributed by atoms with van der Waals surface area (Å²) in [6.07, 6.45) is 0. The monoisotopic (exact) mass is 238 g/mol. The van der Waals surface area contributed by atoms with E-state index in [4.69, 9.17) is 15.2 Å². The summed E-state index contributed by atoms with van der Waals surface area (Å²) in [5.41, 5.74) is 8.83. The molecule has 0 aromatic heterocycles. The maximum Gasteiger partial charge on any atom is 0.145 e. The fourth-order valence-corrected chi connectivity index (χ4v) is 1.74. The molecule has 96 valence electrons. The third kappa shape index (κ3) is 3.03. The maximum absolute atomic E-state index is 5.74. The molecule has 1 atom stereocenters. The second-order valence-corrected chi connectivity index (χ2v) is 4.27. The van der Waals surface area contributed by atoms with Crippen LogP contribution >= 0.6 is 0 Å². The Hall–Kier alpha value is -1.42. The quantitative estimate of drug-likeness (QED) is 0.824. The number of hydrogen-bond donors (Lipinski definition) is 2. The lowest BCUT2D eigenvalue weighted by Crippen LogP contribution is -2.25. The number of benzene rings is 1. The predicted octanol–water partition coefficient (Wildman–Crippen LogP) is 2.08. The molecule has 3 N–H and O–H groups in total. The van der Waals surface area contributed by atoms with Crippen molar-refractivity contribution >= 4 is 5.69 Å². The van der Waals surface area contributed by atoms with E-state index in [0.717, 1.165) is 28.3 Å². The first kappa shape index (κ1) is 13.6. The lowest BCUT2D eigenvalue weighted by Gasteiger charge is -2.18. The van der Waals surface area contributed by atoms with Gasteiger partial charge in [-0.15, -0.1) is 0 Å². The first-order chi connectivity index (χ1) is 8.01. The third-order valence-electron chi connectivity index (χ3n) is 2.83. The molecule has 0 saturated carbocycles. The highest BCUT2D eigenvalue weighted by Crippen LogP contribution is 2.36. The van der Waals surface area contributed by atoms with Crippen LogP contribution in [0.25, 0.3) is 0 Å². The van der Waals surface area contributed by atoms with Crippen molar-refractivity contribution in [1.29, 1.82) is 0 Å². The van der Waals surface area contributed by atoms with Crippen LogP contribution in [0, 0.1) is 13.8 Å². The van der Waals surface area contributed by atoms with Crippen molar-refractivity contribution in [3.05, 3.63) is 17.2 Å². The van der Waals surface area contributed by atoms with Gasteiger partial charge in [-0.2, -0.15) is 0 Å². The van der Waals surface area contributed by atoms with Gasteiger partial charge in [0.25, 0.3) is 0 Å². The minimum Gasteiger partial charge on any atom is -0.496 e. The molecular weight excluding hydrogens is 216 g/mol. The highest BCUT2D eigenvalue weighted by Gasteiger charge is 2.13. The Labute approximate surface area is 103 Å². The van der Waals surface area contributed by atoms with E-state index in [1.54, 1.807) is 14.2 Å². The molecule has 4 heteroatoms. The van der Waals surface area contributed by atoms with Crippen LogP contribution in [0.3, 0.4) is 0 Å². The second kappa shape index (κ2) is 5.77. The summed E-state index contributed by atoms with van der Waals surface area (Å²) < 4.78 is 10.8. The number of nitrogens with one attached hydrogen (secondary N) is 1. The SMILES string of the molecule is COc1cc(NCC(C)N)c(OC)c(C)c1C. The topological polar surface area (TPSA) is 56.5 Å². The van der Waals surface area contributed by atoms with Crippen molar-refractivity contribution in [1.82, 2.24) is 0 Å². The highest BCUT2D eigenvalue weighted by atomic mass is 16.5. The van der Waals surface area contributed by atoms with Gasteiger partial charge in [0.1, 0.15) is 11.5 Å². The van der Waals surface area contributed by atoms with Crippen LogP contribution in [-0.2, 0) is 0 Å². The minimum absolute atomic E-state index is 0.0901. The average molecular weight is 238 g/mol. The number of nitrogens with two attached hydrogens (primary N) is 1. The highest BCUT2D eigenvalue weighted by molar-refractivity contribution is 5.66. The van der Waals surface area contributed by atoms with Crippen molar-refractivity contribution in [2.75, 3.05) is 26.1 Å². The van der Waals surface area contributed by atoms with E-state index < -0.39 is 0 Å². The molecule has 0 heterocycles. The molecule has 1 aromatic rings. The van der Waals surface area contributed by atoms with E-state index in [9.17, 15) is 0 Å². The van der Waals surface area contributed by atoms with Gasteiger partial charge in [-0.1, -0.05) is 0 Å². The van der Waals surface area contributed by atoms with Crippen LogP contribution in [0.5, 0.6) is 11.5 Å². The van der Waals surface area contributed by atoms with Crippen molar-refractivity contribution in [3.63, 3.8) is 0 Å². The lowest BCUT2D eigenvalue weighted by atomic mass is 10.1. The Morgan fingerprint density at radius 3 is 2.35 bits per heavy atom. The largest absolute Gasteiger partial charge is 0.496 e. The van der Waals surface area contributed by atoms with Crippen LogP contribution in [0.4, 0.5) is 5.69 Å². The normalized spacial score (nSPS) is 12.1. The van der Waals surface area contributed by atoms with Crippen molar-refractivity contribution in [2.45, 2.75) is 26.8 Å². The van der Waals surface area contributed by atoms with Crippen molar-refractivity contribution in [3.8, 4) is 11.5 Å². The smallest absolute Gasteiger partial charge is 0.145 e. The maximum atomic E-state index is 5.74. The second-order valence-electron chi connectivity index (χ2n) is 4.27. The molecule has 0 saturated heterocycles. The van der Waals surface area contributed by atoms with E-state index in [1.807, 2.05) is 26.8 Å². The molecule has 1 unspecified atom stereocenters. The summed E-state index contributed by atoms with van der Waals surface area (Å²) in [4.78, 5) is 0. The zero-order chi connectivity index (χ0) is 13.0. The summed E-state index contributed by atoms with van der Waals surface area (Å²) in [7, 11) is 3.34. The standard InChI is InChI=1S/C13H22N2O2/c1-8(14)7-15-11-6-12(16-4)9(2)10(3)13(11)17-5/h6,8,15H,7,14H2,1-5H3. The molecule has 0 radical (unpaired) electrons. The number of anilines is 1. The molecule has 1 aromatic carbocycles. The third-order valence-corrected chi connectivity index (χ3v) is 2.83. The number of ether oxygens (including phenoxy) is 2. The first-order valence-corrected chi connectivity index (χ1v) is 5.72. The summed E-state index contributed by atoms with van der Waals surface area (Å²) >= 11 is 0. The molecule has 0 fully saturated rings. The molecule has 0 aliphatic carbocycles. The average Bonchev–Trinajstić information content (AvgIpc) is 2.30. The van der Waals surface area contributed by atoms with Crippen LogP contribution in [0.2, 0.25) is 0 Å². The summed E-state index contributed by atoms with van der Waals surface area (Å²) in [6.45, 7) is 6.69. The minimum atomic E-state index is 0.0901. The number of hydrogen-bond acceptors (Lipinski definition) is 4. The van der Waals surface area contributed by atoms with Gasteiger partial charge in [-0.05, 0) is 31.9 Å². The number of methoxy groups -OCH3 is 2. The van der Waals surface area contributed by atoms with E-state index in [0.29, 0.717) is 6.54 Å². The zero-order valence-corrected chi connectivity index (χ0v) is 11.3. The van der Waals surface area contributed by atoms with Crippen LogP contribution in [-0.4, -0.2) is 26.8 Å². The van der Waals surface area contributed by atoms with Gasteiger partial charge in [0.15, 0.2) is 0 Å².